The van der Waals surface area contributed by atoms with Crippen LogP contribution in [0.15, 0.2) is 54.6 Å². The number of nitrogens with zero attached hydrogens (tertiary/aromatic N) is 2. The number of hydrogen-bond donors (Lipinski definition) is 0. The first kappa shape index (κ1) is 15.6. The van der Waals surface area contributed by atoms with Crippen LogP contribution < -0.4 is 9.64 Å². The number of benzene rings is 2. The van der Waals surface area contributed by atoms with Crippen LogP contribution in [0.4, 0.5) is 5.69 Å². The van der Waals surface area contributed by atoms with Crippen LogP contribution >= 0.6 is 0 Å². The number of hydrogen-bond acceptors (Lipinski definition) is 4. The molecule has 0 amide bonds. The number of piperazine rings is 1. The van der Waals surface area contributed by atoms with Crippen LogP contribution in [0.1, 0.15) is 10.4 Å². The smallest absolute Gasteiger partial charge is 0.176 e. The van der Waals surface area contributed by atoms with Crippen LogP contribution in [0.25, 0.3) is 0 Å². The van der Waals surface area contributed by atoms with E-state index >= 15 is 0 Å². The monoisotopic (exact) mass is 310 g/mol. The third-order valence-electron chi connectivity index (χ3n) is 4.25. The summed E-state index contributed by atoms with van der Waals surface area (Å²) in [5.41, 5.74) is 1.97. The average Bonchev–Trinajstić information content (AvgIpc) is 2.63. The SMILES string of the molecule is COc1cccc(N2CCN(CC(=O)c3ccccc3)CC2)c1. The molecule has 0 atom stereocenters. The van der Waals surface area contributed by atoms with Gasteiger partial charge in [-0.15, -0.1) is 0 Å². The Morgan fingerprint density at radius 3 is 2.43 bits per heavy atom. The van der Waals surface area contributed by atoms with Gasteiger partial charge in [-0.05, 0) is 12.1 Å². The highest BCUT2D eigenvalue weighted by Crippen LogP contribution is 2.22. The van der Waals surface area contributed by atoms with Gasteiger partial charge in [-0.25, -0.2) is 0 Å². The molecule has 2 aromatic rings. The van der Waals surface area contributed by atoms with Gasteiger partial charge in [0.05, 0.1) is 13.7 Å². The molecule has 3 rings (SSSR count). The molecule has 4 nitrogen and oxygen atoms in total. The van der Waals surface area contributed by atoms with Gasteiger partial charge in [-0.2, -0.15) is 0 Å². The third kappa shape index (κ3) is 3.90. The number of methoxy groups -OCH3 is 1. The number of ketones is 1. The Labute approximate surface area is 137 Å². The highest BCUT2D eigenvalue weighted by molar-refractivity contribution is 5.97. The average molecular weight is 310 g/mol. The largest absolute Gasteiger partial charge is 0.497 e. The van der Waals surface area contributed by atoms with Gasteiger partial charge in [0.1, 0.15) is 5.75 Å². The second-order valence-corrected chi connectivity index (χ2v) is 5.75. The number of Topliss-reactive ketones (excluding diaryl/α,β-unsaturated/α-hetero) is 1. The molecule has 2 aromatic carbocycles. The van der Waals surface area contributed by atoms with E-state index < -0.39 is 0 Å². The number of ether oxygens (including phenoxy) is 1. The van der Waals surface area contributed by atoms with Crippen LogP contribution in [0.2, 0.25) is 0 Å². The summed E-state index contributed by atoms with van der Waals surface area (Å²) < 4.78 is 5.29. The summed E-state index contributed by atoms with van der Waals surface area (Å²) in [5, 5.41) is 0. The summed E-state index contributed by atoms with van der Waals surface area (Å²) in [4.78, 5) is 16.8. The molecule has 1 fully saturated rings. The summed E-state index contributed by atoms with van der Waals surface area (Å²) in [7, 11) is 1.69. The van der Waals surface area contributed by atoms with Gasteiger partial charge in [0, 0.05) is 43.5 Å². The van der Waals surface area contributed by atoms with Gasteiger partial charge >= 0.3 is 0 Å². The van der Waals surface area contributed by atoms with E-state index in [1.807, 2.05) is 42.5 Å². The summed E-state index contributed by atoms with van der Waals surface area (Å²) in [6, 6.07) is 17.7. The van der Waals surface area contributed by atoms with Crippen LogP contribution in [0.3, 0.4) is 0 Å². The quantitative estimate of drug-likeness (QED) is 0.795. The second kappa shape index (κ2) is 7.29. The first-order valence-electron chi connectivity index (χ1n) is 7.96. The molecular formula is C19H22N2O2. The minimum absolute atomic E-state index is 0.195. The van der Waals surface area contributed by atoms with E-state index in [4.69, 9.17) is 4.74 Å². The van der Waals surface area contributed by atoms with Crippen molar-refractivity contribution in [3.05, 3.63) is 60.2 Å². The molecule has 1 saturated heterocycles. The summed E-state index contributed by atoms with van der Waals surface area (Å²) >= 11 is 0. The number of carbonyl (C=O) groups is 1. The van der Waals surface area contributed by atoms with Gasteiger partial charge in [-0.3, -0.25) is 9.69 Å². The van der Waals surface area contributed by atoms with Crippen LogP contribution in [0, 0.1) is 0 Å². The molecule has 0 saturated carbocycles. The lowest BCUT2D eigenvalue weighted by Gasteiger charge is -2.35. The summed E-state index contributed by atoms with van der Waals surface area (Å²) in [6.07, 6.45) is 0. The molecule has 0 spiro atoms. The van der Waals surface area contributed by atoms with Crippen molar-refractivity contribution in [2.24, 2.45) is 0 Å². The Kier molecular flexibility index (Phi) is 4.93. The van der Waals surface area contributed by atoms with E-state index in [1.54, 1.807) is 7.11 Å². The lowest BCUT2D eigenvalue weighted by molar-refractivity contribution is 0.0926. The first-order chi connectivity index (χ1) is 11.3. The van der Waals surface area contributed by atoms with Crippen molar-refractivity contribution >= 4 is 11.5 Å². The van der Waals surface area contributed by atoms with Crippen molar-refractivity contribution < 1.29 is 9.53 Å². The van der Waals surface area contributed by atoms with E-state index in [0.717, 1.165) is 37.5 Å². The Hall–Kier alpha value is -2.33. The fourth-order valence-electron chi connectivity index (χ4n) is 2.89. The molecule has 0 radical (unpaired) electrons. The fraction of sp³-hybridized carbons (Fsp3) is 0.316. The summed E-state index contributed by atoms with van der Waals surface area (Å²) in [5.74, 6) is 1.07. The maximum absolute atomic E-state index is 12.3. The van der Waals surface area contributed by atoms with Gasteiger partial charge in [0.15, 0.2) is 5.78 Å². The predicted molar refractivity (Wildman–Crippen MR) is 92.4 cm³/mol. The Morgan fingerprint density at radius 1 is 1.00 bits per heavy atom. The highest BCUT2D eigenvalue weighted by atomic mass is 16.5. The van der Waals surface area contributed by atoms with E-state index in [2.05, 4.69) is 21.9 Å². The van der Waals surface area contributed by atoms with E-state index in [-0.39, 0.29) is 5.78 Å². The number of rotatable bonds is 5. The van der Waals surface area contributed by atoms with Gasteiger partial charge in [-0.1, -0.05) is 36.4 Å². The van der Waals surface area contributed by atoms with E-state index in [1.165, 1.54) is 5.69 Å². The molecule has 23 heavy (non-hydrogen) atoms. The van der Waals surface area contributed by atoms with Crippen molar-refractivity contribution in [3.8, 4) is 5.75 Å². The minimum atomic E-state index is 0.195. The first-order valence-corrected chi connectivity index (χ1v) is 7.96. The van der Waals surface area contributed by atoms with Crippen LogP contribution in [-0.4, -0.2) is 50.5 Å². The maximum atomic E-state index is 12.3. The number of carbonyl (C=O) groups excluding carboxylic acids is 1. The minimum Gasteiger partial charge on any atom is -0.497 e. The Balaban J connectivity index is 1.55. The molecule has 4 heteroatoms. The third-order valence-corrected chi connectivity index (χ3v) is 4.25. The summed E-state index contributed by atoms with van der Waals surface area (Å²) in [6.45, 7) is 4.14. The Bertz CT molecular complexity index is 649. The topological polar surface area (TPSA) is 32.8 Å². The Morgan fingerprint density at radius 2 is 1.74 bits per heavy atom. The van der Waals surface area contributed by atoms with Gasteiger partial charge in [0.2, 0.25) is 0 Å². The standard InChI is InChI=1S/C19H22N2O2/c1-23-18-9-5-8-17(14-18)21-12-10-20(11-13-21)15-19(22)16-6-3-2-4-7-16/h2-9,14H,10-13,15H2,1H3. The zero-order chi connectivity index (χ0) is 16.1. The molecule has 0 aliphatic carbocycles. The molecule has 0 unspecified atom stereocenters. The lowest BCUT2D eigenvalue weighted by Crippen LogP contribution is -2.48. The molecule has 120 valence electrons. The molecular weight excluding hydrogens is 288 g/mol. The predicted octanol–water partition coefficient (Wildman–Crippen LogP) is 2.70. The molecule has 0 aromatic heterocycles. The maximum Gasteiger partial charge on any atom is 0.176 e. The molecule has 1 heterocycles. The zero-order valence-corrected chi connectivity index (χ0v) is 13.4. The van der Waals surface area contributed by atoms with Crippen molar-refractivity contribution in [2.45, 2.75) is 0 Å². The van der Waals surface area contributed by atoms with Crippen LogP contribution in [-0.2, 0) is 0 Å². The zero-order valence-electron chi connectivity index (χ0n) is 13.4. The molecule has 0 N–H and O–H groups in total. The van der Waals surface area contributed by atoms with Crippen molar-refractivity contribution in [2.75, 3.05) is 44.7 Å². The van der Waals surface area contributed by atoms with Gasteiger partial charge in [0.25, 0.3) is 0 Å². The van der Waals surface area contributed by atoms with Crippen molar-refractivity contribution in [1.29, 1.82) is 0 Å². The lowest BCUT2D eigenvalue weighted by atomic mass is 10.1. The van der Waals surface area contributed by atoms with Crippen LogP contribution in [0.5, 0.6) is 5.75 Å². The van der Waals surface area contributed by atoms with E-state index in [9.17, 15) is 4.79 Å². The van der Waals surface area contributed by atoms with Crippen molar-refractivity contribution in [1.82, 2.24) is 4.90 Å². The van der Waals surface area contributed by atoms with Crippen molar-refractivity contribution in [3.63, 3.8) is 0 Å². The molecule has 1 aliphatic heterocycles. The molecule has 1 aliphatic rings. The van der Waals surface area contributed by atoms with Gasteiger partial charge < -0.3 is 9.64 Å². The molecule has 0 bridgehead atoms. The fourth-order valence-corrected chi connectivity index (χ4v) is 2.89. The number of anilines is 1. The van der Waals surface area contributed by atoms with E-state index in [0.29, 0.717) is 6.54 Å². The second-order valence-electron chi connectivity index (χ2n) is 5.75. The normalized spacial score (nSPS) is 15.4. The highest BCUT2D eigenvalue weighted by Gasteiger charge is 2.19.